The normalized spacial score (nSPS) is 9.89. The van der Waals surface area contributed by atoms with Gasteiger partial charge in [-0.1, -0.05) is 6.07 Å². The van der Waals surface area contributed by atoms with Gasteiger partial charge in [0.2, 0.25) is 0 Å². The van der Waals surface area contributed by atoms with Gasteiger partial charge in [-0.05, 0) is 49.2 Å². The van der Waals surface area contributed by atoms with Crippen LogP contribution in [0.3, 0.4) is 0 Å². The summed E-state index contributed by atoms with van der Waals surface area (Å²) in [5, 5.41) is 5.52. The van der Waals surface area contributed by atoms with Crippen molar-refractivity contribution >= 4 is 17.4 Å². The fourth-order valence-electron chi connectivity index (χ4n) is 1.55. The molecular weight excluding hydrogens is 226 g/mol. The maximum atomic E-state index is 11.7. The fourth-order valence-corrected chi connectivity index (χ4v) is 1.55. The number of carbonyl (C=O) groups excluding carboxylic acids is 1. The molecule has 0 radical (unpaired) electrons. The second-order valence-corrected chi connectivity index (χ2v) is 4.11. The minimum Gasteiger partial charge on any atom is -0.308 e. The first-order chi connectivity index (χ1) is 8.65. The Morgan fingerprint density at radius 3 is 2.28 bits per heavy atom. The van der Waals surface area contributed by atoms with Gasteiger partial charge in [0.25, 0.3) is 0 Å². The Morgan fingerprint density at radius 1 is 0.944 bits per heavy atom. The number of rotatable bonds is 2. The van der Waals surface area contributed by atoms with E-state index >= 15 is 0 Å². The van der Waals surface area contributed by atoms with Crippen molar-refractivity contribution in [3.63, 3.8) is 0 Å². The number of amides is 2. The van der Waals surface area contributed by atoms with E-state index in [0.717, 1.165) is 11.3 Å². The first-order valence-corrected chi connectivity index (χ1v) is 5.70. The number of urea groups is 1. The molecule has 0 aliphatic heterocycles. The minimum atomic E-state index is -0.260. The zero-order valence-corrected chi connectivity index (χ0v) is 10.4. The molecule has 0 fully saturated rings. The second kappa shape index (κ2) is 5.31. The summed E-state index contributed by atoms with van der Waals surface area (Å²) in [5.41, 5.74) is 3.85. The third-order valence-electron chi connectivity index (χ3n) is 2.70. The van der Waals surface area contributed by atoms with Crippen LogP contribution in [0.25, 0.3) is 0 Å². The second-order valence-electron chi connectivity index (χ2n) is 4.11. The van der Waals surface area contributed by atoms with Crippen molar-refractivity contribution in [2.24, 2.45) is 0 Å². The van der Waals surface area contributed by atoms with Crippen molar-refractivity contribution in [2.75, 3.05) is 10.6 Å². The number of carbonyl (C=O) groups is 1. The quantitative estimate of drug-likeness (QED) is 0.847. The van der Waals surface area contributed by atoms with Crippen molar-refractivity contribution in [1.82, 2.24) is 4.98 Å². The predicted molar refractivity (Wildman–Crippen MR) is 72.8 cm³/mol. The summed E-state index contributed by atoms with van der Waals surface area (Å²) >= 11 is 0. The molecule has 2 N–H and O–H groups in total. The number of hydrogen-bond acceptors (Lipinski definition) is 2. The average Bonchev–Trinajstić information content (AvgIpc) is 2.35. The molecule has 0 atom stereocenters. The van der Waals surface area contributed by atoms with E-state index in [4.69, 9.17) is 0 Å². The Labute approximate surface area is 106 Å². The maximum Gasteiger partial charge on any atom is 0.323 e. The van der Waals surface area contributed by atoms with Gasteiger partial charge < -0.3 is 10.6 Å². The summed E-state index contributed by atoms with van der Waals surface area (Å²) in [5.74, 6) is 0. The Kier molecular flexibility index (Phi) is 3.57. The van der Waals surface area contributed by atoms with E-state index in [2.05, 4.69) is 15.6 Å². The Morgan fingerprint density at radius 2 is 1.61 bits per heavy atom. The molecule has 0 saturated carbocycles. The average molecular weight is 241 g/mol. The molecule has 0 saturated heterocycles. The van der Waals surface area contributed by atoms with Crippen LogP contribution in [0, 0.1) is 13.8 Å². The number of pyridine rings is 1. The van der Waals surface area contributed by atoms with Gasteiger partial charge in [-0.25, -0.2) is 4.79 Å². The van der Waals surface area contributed by atoms with Gasteiger partial charge in [0.15, 0.2) is 0 Å². The fraction of sp³-hybridized carbons (Fsp3) is 0.143. The molecule has 0 unspecified atom stereocenters. The lowest BCUT2D eigenvalue weighted by molar-refractivity contribution is 0.262. The smallest absolute Gasteiger partial charge is 0.308 e. The number of benzene rings is 1. The summed E-state index contributed by atoms with van der Waals surface area (Å²) in [7, 11) is 0. The van der Waals surface area contributed by atoms with E-state index in [1.54, 1.807) is 24.5 Å². The molecule has 18 heavy (non-hydrogen) atoms. The Hall–Kier alpha value is -2.36. The number of hydrogen-bond donors (Lipinski definition) is 2. The Bertz CT molecular complexity index is 552. The SMILES string of the molecule is Cc1ccc(NC(=O)Nc2ccncc2)cc1C. The van der Waals surface area contributed by atoms with Crippen LogP contribution in [0.15, 0.2) is 42.7 Å². The first kappa shape index (κ1) is 12.1. The van der Waals surface area contributed by atoms with Gasteiger partial charge in [-0.2, -0.15) is 0 Å². The highest BCUT2D eigenvalue weighted by Gasteiger charge is 2.03. The van der Waals surface area contributed by atoms with Gasteiger partial charge in [-0.3, -0.25) is 4.98 Å². The number of anilines is 2. The summed E-state index contributed by atoms with van der Waals surface area (Å²) in [6.45, 7) is 4.05. The first-order valence-electron chi connectivity index (χ1n) is 5.70. The molecular formula is C14H15N3O. The van der Waals surface area contributed by atoms with Crippen LogP contribution < -0.4 is 10.6 Å². The molecule has 2 amide bonds. The van der Waals surface area contributed by atoms with Gasteiger partial charge >= 0.3 is 6.03 Å². The highest BCUT2D eigenvalue weighted by molar-refractivity contribution is 5.99. The van der Waals surface area contributed by atoms with Gasteiger partial charge in [0, 0.05) is 23.8 Å². The lowest BCUT2D eigenvalue weighted by Gasteiger charge is -2.09. The van der Waals surface area contributed by atoms with Crippen molar-refractivity contribution < 1.29 is 4.79 Å². The number of nitrogens with one attached hydrogen (secondary N) is 2. The third-order valence-corrected chi connectivity index (χ3v) is 2.70. The van der Waals surface area contributed by atoms with E-state index < -0.39 is 0 Å². The van der Waals surface area contributed by atoms with Gasteiger partial charge in [0.05, 0.1) is 0 Å². The predicted octanol–water partition coefficient (Wildman–Crippen LogP) is 3.34. The molecule has 4 heteroatoms. The molecule has 1 aromatic heterocycles. The van der Waals surface area contributed by atoms with E-state index in [-0.39, 0.29) is 6.03 Å². The van der Waals surface area contributed by atoms with Crippen LogP contribution in [0.4, 0.5) is 16.2 Å². The lowest BCUT2D eigenvalue weighted by Crippen LogP contribution is -2.19. The molecule has 0 spiro atoms. The van der Waals surface area contributed by atoms with Crippen molar-refractivity contribution in [2.45, 2.75) is 13.8 Å². The van der Waals surface area contributed by atoms with E-state index in [9.17, 15) is 4.79 Å². The van der Waals surface area contributed by atoms with Crippen LogP contribution in [-0.2, 0) is 0 Å². The highest BCUT2D eigenvalue weighted by Crippen LogP contribution is 2.14. The topological polar surface area (TPSA) is 54.0 Å². The number of aromatic nitrogens is 1. The largest absolute Gasteiger partial charge is 0.323 e. The Balaban J connectivity index is 2.01. The standard InChI is InChI=1S/C14H15N3O/c1-10-3-4-13(9-11(10)2)17-14(18)16-12-5-7-15-8-6-12/h3-9H,1-2H3,(H2,15,16,17,18). The molecule has 0 bridgehead atoms. The lowest BCUT2D eigenvalue weighted by atomic mass is 10.1. The van der Waals surface area contributed by atoms with Crippen LogP contribution in [0.5, 0.6) is 0 Å². The number of nitrogens with zero attached hydrogens (tertiary/aromatic N) is 1. The number of aryl methyl sites for hydroxylation is 2. The van der Waals surface area contributed by atoms with Crippen molar-refractivity contribution in [1.29, 1.82) is 0 Å². The summed E-state index contributed by atoms with van der Waals surface area (Å²) in [6, 6.07) is 9.03. The maximum absolute atomic E-state index is 11.7. The molecule has 2 aromatic rings. The van der Waals surface area contributed by atoms with Crippen molar-refractivity contribution in [3.05, 3.63) is 53.9 Å². The van der Waals surface area contributed by atoms with Crippen LogP contribution in [-0.4, -0.2) is 11.0 Å². The van der Waals surface area contributed by atoms with Gasteiger partial charge in [-0.15, -0.1) is 0 Å². The molecule has 0 aliphatic carbocycles. The molecule has 2 rings (SSSR count). The van der Waals surface area contributed by atoms with E-state index in [1.807, 2.05) is 32.0 Å². The summed E-state index contributed by atoms with van der Waals surface area (Å²) < 4.78 is 0. The molecule has 92 valence electrons. The van der Waals surface area contributed by atoms with Gasteiger partial charge in [0.1, 0.15) is 0 Å². The van der Waals surface area contributed by atoms with Crippen molar-refractivity contribution in [3.8, 4) is 0 Å². The highest BCUT2D eigenvalue weighted by atomic mass is 16.2. The zero-order chi connectivity index (χ0) is 13.0. The molecule has 1 heterocycles. The minimum absolute atomic E-state index is 0.260. The van der Waals surface area contributed by atoms with E-state index in [1.165, 1.54) is 5.56 Å². The molecule has 0 aliphatic rings. The van der Waals surface area contributed by atoms with Crippen LogP contribution in [0.2, 0.25) is 0 Å². The third kappa shape index (κ3) is 3.07. The molecule has 4 nitrogen and oxygen atoms in total. The zero-order valence-electron chi connectivity index (χ0n) is 10.4. The van der Waals surface area contributed by atoms with E-state index in [0.29, 0.717) is 5.69 Å². The molecule has 1 aromatic carbocycles. The summed E-state index contributed by atoms with van der Waals surface area (Å²) in [6.07, 6.45) is 3.26. The summed E-state index contributed by atoms with van der Waals surface area (Å²) in [4.78, 5) is 15.6. The van der Waals surface area contributed by atoms with Crippen LogP contribution in [0.1, 0.15) is 11.1 Å². The monoisotopic (exact) mass is 241 g/mol. The van der Waals surface area contributed by atoms with Crippen LogP contribution >= 0.6 is 0 Å².